The Balaban J connectivity index is 0.000000181. The average molecular weight is 214 g/mol. The van der Waals surface area contributed by atoms with E-state index in [0.717, 1.165) is 0 Å². The van der Waals surface area contributed by atoms with E-state index in [0.29, 0.717) is 5.69 Å². The van der Waals surface area contributed by atoms with E-state index in [9.17, 15) is 4.79 Å². The molecule has 81 valence electrons. The summed E-state index contributed by atoms with van der Waals surface area (Å²) < 4.78 is 0. The monoisotopic (exact) mass is 214 g/mol. The fourth-order valence-corrected chi connectivity index (χ4v) is 0.925. The number of amides is 2. The molecule has 1 aromatic carbocycles. The molecule has 16 heavy (non-hydrogen) atoms. The Morgan fingerprint density at radius 2 is 1.81 bits per heavy atom. The van der Waals surface area contributed by atoms with Gasteiger partial charge >= 0.3 is 6.03 Å². The number of urea groups is 1. The van der Waals surface area contributed by atoms with Crippen molar-refractivity contribution in [3.05, 3.63) is 60.9 Å². The molecule has 0 bridgehead atoms. The number of pyridine rings is 1. The smallest absolute Gasteiger partial charge is 0.316 e. The van der Waals surface area contributed by atoms with Crippen molar-refractivity contribution in [2.24, 2.45) is 5.73 Å². The van der Waals surface area contributed by atoms with E-state index in [-0.39, 0.29) is 0 Å². The Hall–Kier alpha value is -2.36. The summed E-state index contributed by atoms with van der Waals surface area (Å²) in [4.78, 5) is 14.1. The molecule has 4 heteroatoms. The molecular weight excluding hydrogens is 202 g/mol. The fourth-order valence-electron chi connectivity index (χ4n) is 0.925. The van der Waals surface area contributed by atoms with Gasteiger partial charge < -0.3 is 11.1 Å². The van der Waals surface area contributed by atoms with E-state index in [1.165, 1.54) is 0 Å². The van der Waals surface area contributed by atoms with E-state index in [1.54, 1.807) is 36.7 Å². The molecule has 2 aromatic rings. The van der Waals surface area contributed by atoms with Crippen LogP contribution in [0.2, 0.25) is 0 Å². The van der Waals surface area contributed by atoms with Gasteiger partial charge in [0.05, 0.1) is 0 Å². The van der Waals surface area contributed by atoms with Crippen LogP contribution in [0.25, 0.3) is 0 Å². The zero-order valence-electron chi connectivity index (χ0n) is 8.63. The maximum Gasteiger partial charge on any atom is 0.316 e. The highest BCUT2D eigenvalue weighted by Gasteiger charge is 1.90. The van der Waals surface area contributed by atoms with E-state index in [1.807, 2.05) is 18.2 Å². The number of benzene rings is 1. The van der Waals surface area contributed by atoms with Crippen LogP contribution in [-0.4, -0.2) is 11.0 Å². The molecule has 2 rings (SSSR count). The van der Waals surface area contributed by atoms with Crippen LogP contribution in [0.1, 0.15) is 0 Å². The first-order valence-electron chi connectivity index (χ1n) is 4.66. The van der Waals surface area contributed by atoms with Gasteiger partial charge in [-0.05, 0) is 30.3 Å². The van der Waals surface area contributed by atoms with Crippen LogP contribution < -0.4 is 11.1 Å². The number of nitrogens with one attached hydrogen (secondary N) is 1. The van der Waals surface area contributed by atoms with Crippen molar-refractivity contribution in [2.75, 3.05) is 5.32 Å². The van der Waals surface area contributed by atoms with Crippen molar-refractivity contribution in [1.82, 2.24) is 4.98 Å². The molecule has 4 nitrogen and oxygen atoms in total. The molecular formula is C12H12N3O. The molecule has 0 fully saturated rings. The third-order valence-corrected chi connectivity index (χ3v) is 1.55. The molecule has 0 saturated heterocycles. The number of anilines is 1. The summed E-state index contributed by atoms with van der Waals surface area (Å²) >= 11 is 0. The van der Waals surface area contributed by atoms with Crippen molar-refractivity contribution in [2.45, 2.75) is 0 Å². The SMILES string of the molecule is NC(=O)Nc1cc[c]cc1.c1ccncc1. The van der Waals surface area contributed by atoms with Gasteiger partial charge in [-0.1, -0.05) is 18.2 Å². The normalized spacial score (nSPS) is 8.50. The number of nitrogens with two attached hydrogens (primary N) is 1. The Labute approximate surface area is 94.1 Å². The van der Waals surface area contributed by atoms with Gasteiger partial charge in [0.1, 0.15) is 0 Å². The third-order valence-electron chi connectivity index (χ3n) is 1.55. The first-order valence-corrected chi connectivity index (χ1v) is 4.66. The number of rotatable bonds is 1. The molecule has 1 aromatic heterocycles. The third kappa shape index (κ3) is 5.39. The second-order valence-electron chi connectivity index (χ2n) is 2.80. The Morgan fingerprint density at radius 3 is 2.19 bits per heavy atom. The molecule has 0 aliphatic heterocycles. The summed E-state index contributed by atoms with van der Waals surface area (Å²) in [5, 5.41) is 2.42. The molecule has 0 saturated carbocycles. The van der Waals surface area contributed by atoms with E-state index in [2.05, 4.69) is 16.4 Å². The largest absolute Gasteiger partial charge is 0.351 e. The number of hydrogen-bond acceptors (Lipinski definition) is 2. The highest BCUT2D eigenvalue weighted by atomic mass is 16.2. The number of carbonyl (C=O) groups is 1. The van der Waals surface area contributed by atoms with Crippen LogP contribution in [0.3, 0.4) is 0 Å². The zero-order valence-corrected chi connectivity index (χ0v) is 8.63. The molecule has 0 atom stereocenters. The van der Waals surface area contributed by atoms with Gasteiger partial charge in [-0.3, -0.25) is 4.98 Å². The zero-order chi connectivity index (χ0) is 11.6. The van der Waals surface area contributed by atoms with Crippen LogP contribution in [0.5, 0.6) is 0 Å². The first-order chi connectivity index (χ1) is 7.79. The minimum atomic E-state index is -0.550. The van der Waals surface area contributed by atoms with Crippen molar-refractivity contribution in [1.29, 1.82) is 0 Å². The maximum atomic E-state index is 10.3. The first kappa shape index (κ1) is 11.7. The summed E-state index contributed by atoms with van der Waals surface area (Å²) in [5.74, 6) is 0. The second-order valence-corrected chi connectivity index (χ2v) is 2.80. The molecule has 1 radical (unpaired) electrons. The fraction of sp³-hybridized carbons (Fsp3) is 0. The minimum Gasteiger partial charge on any atom is -0.351 e. The lowest BCUT2D eigenvalue weighted by Gasteiger charge is -1.97. The van der Waals surface area contributed by atoms with Crippen molar-refractivity contribution in [3.8, 4) is 0 Å². The number of hydrogen-bond donors (Lipinski definition) is 2. The van der Waals surface area contributed by atoms with Gasteiger partial charge in [0.2, 0.25) is 0 Å². The summed E-state index contributed by atoms with van der Waals surface area (Å²) in [6.07, 6.45) is 3.50. The molecule has 0 spiro atoms. The number of primary amides is 1. The molecule has 0 unspecified atom stereocenters. The molecule has 0 aliphatic carbocycles. The van der Waals surface area contributed by atoms with Crippen LogP contribution in [-0.2, 0) is 0 Å². The van der Waals surface area contributed by atoms with Crippen molar-refractivity contribution < 1.29 is 4.79 Å². The van der Waals surface area contributed by atoms with Gasteiger partial charge in [0, 0.05) is 18.1 Å². The predicted octanol–water partition coefficient (Wildman–Crippen LogP) is 2.06. The topological polar surface area (TPSA) is 68.0 Å². The van der Waals surface area contributed by atoms with Crippen molar-refractivity contribution in [3.63, 3.8) is 0 Å². The lowest BCUT2D eigenvalue weighted by molar-refractivity contribution is 0.259. The van der Waals surface area contributed by atoms with Crippen molar-refractivity contribution >= 4 is 11.7 Å². The standard InChI is InChI=1S/C7H7N2O.C5H5N/c8-7(10)9-6-4-2-1-3-5-6;1-2-4-6-5-3-1/h2-5H,(H3,8,9,10);1-5H. The summed E-state index contributed by atoms with van der Waals surface area (Å²) in [6, 6.07) is 14.8. The highest BCUT2D eigenvalue weighted by molar-refractivity contribution is 5.87. The van der Waals surface area contributed by atoms with Gasteiger partial charge in [-0.2, -0.15) is 0 Å². The number of aromatic nitrogens is 1. The van der Waals surface area contributed by atoms with Crippen LogP contribution in [0.15, 0.2) is 54.9 Å². The average Bonchev–Trinajstić information content (AvgIpc) is 2.32. The Bertz CT molecular complexity index is 376. The molecule has 3 N–H and O–H groups in total. The van der Waals surface area contributed by atoms with Crippen LogP contribution in [0.4, 0.5) is 10.5 Å². The second kappa shape index (κ2) is 7.00. The van der Waals surface area contributed by atoms with E-state index < -0.39 is 6.03 Å². The molecule has 0 aliphatic rings. The number of nitrogens with zero attached hydrogens (tertiary/aromatic N) is 1. The van der Waals surface area contributed by atoms with E-state index >= 15 is 0 Å². The van der Waals surface area contributed by atoms with Crippen LogP contribution in [0, 0.1) is 6.07 Å². The lowest BCUT2D eigenvalue weighted by Crippen LogP contribution is -2.18. The van der Waals surface area contributed by atoms with E-state index in [4.69, 9.17) is 5.73 Å². The summed E-state index contributed by atoms with van der Waals surface area (Å²) in [5.41, 5.74) is 5.55. The van der Waals surface area contributed by atoms with Crippen LogP contribution >= 0.6 is 0 Å². The van der Waals surface area contributed by atoms with Gasteiger partial charge in [0.15, 0.2) is 0 Å². The molecule has 1 heterocycles. The summed E-state index contributed by atoms with van der Waals surface area (Å²) in [6.45, 7) is 0. The Kier molecular flexibility index (Phi) is 5.13. The quantitative estimate of drug-likeness (QED) is 0.762. The van der Waals surface area contributed by atoms with Gasteiger partial charge in [-0.25, -0.2) is 4.79 Å². The van der Waals surface area contributed by atoms with Gasteiger partial charge in [0.25, 0.3) is 0 Å². The molecule has 2 amide bonds. The lowest BCUT2D eigenvalue weighted by atomic mass is 10.3. The minimum absolute atomic E-state index is 0.550. The Morgan fingerprint density at radius 1 is 1.19 bits per heavy atom. The maximum absolute atomic E-state index is 10.3. The highest BCUT2D eigenvalue weighted by Crippen LogP contribution is 2.02. The van der Waals surface area contributed by atoms with Gasteiger partial charge in [-0.15, -0.1) is 0 Å². The predicted molar refractivity (Wildman–Crippen MR) is 62.7 cm³/mol. The summed E-state index contributed by atoms with van der Waals surface area (Å²) in [7, 11) is 0. The number of carbonyl (C=O) groups excluding carboxylic acids is 1.